The lowest BCUT2D eigenvalue weighted by Crippen LogP contribution is -2.42. The molecule has 1 atom stereocenters. The predicted molar refractivity (Wildman–Crippen MR) is 183 cm³/mol. The van der Waals surface area contributed by atoms with Gasteiger partial charge in [-0.1, -0.05) is 48.0 Å². The van der Waals surface area contributed by atoms with Gasteiger partial charge in [-0.05, 0) is 93.4 Å². The summed E-state index contributed by atoms with van der Waals surface area (Å²) in [5.41, 5.74) is 2.61. The molecule has 0 bridgehead atoms. The van der Waals surface area contributed by atoms with Crippen LogP contribution in [0.5, 0.6) is 0 Å². The first-order valence-electron chi connectivity index (χ1n) is 15.1. The van der Waals surface area contributed by atoms with Gasteiger partial charge in [-0.2, -0.15) is 0 Å². The minimum Gasteiger partial charge on any atom is -0.387 e. The van der Waals surface area contributed by atoms with Gasteiger partial charge in [0.05, 0.1) is 15.9 Å². The highest BCUT2D eigenvalue weighted by Gasteiger charge is 2.22. The van der Waals surface area contributed by atoms with Crippen molar-refractivity contribution in [2.45, 2.75) is 55.2 Å². The van der Waals surface area contributed by atoms with Crippen LogP contribution in [0.1, 0.15) is 47.9 Å². The number of aromatic nitrogens is 1. The quantitative estimate of drug-likeness (QED) is 0.132. The van der Waals surface area contributed by atoms with Crippen LogP contribution in [-0.2, 0) is 26.6 Å². The summed E-state index contributed by atoms with van der Waals surface area (Å²) in [6, 6.07) is 28.0. The Labute approximate surface area is 275 Å². The number of rotatable bonds is 13. The third-order valence-corrected chi connectivity index (χ3v) is 10.7. The monoisotopic (exact) mass is 674 g/mol. The maximum absolute atomic E-state index is 12.8. The fraction of sp³-hybridized carbons (Fsp3) is 0.229. The highest BCUT2D eigenvalue weighted by atomic mass is 32.2. The van der Waals surface area contributed by atoms with E-state index in [0.29, 0.717) is 24.2 Å². The van der Waals surface area contributed by atoms with Crippen molar-refractivity contribution in [3.05, 3.63) is 126 Å². The SMILES string of the molecule is Cc1ccc(S(=O)(=O)NC(=O)c2ccc3c(ccn3CCC(C)(C)NC[C@H](O)c3cccc(NS(=O)(=O)c4ccccc4)c3)c2)cc1. The molecule has 246 valence electrons. The van der Waals surface area contributed by atoms with Gasteiger partial charge in [0.1, 0.15) is 0 Å². The van der Waals surface area contributed by atoms with Crippen molar-refractivity contribution < 1.29 is 26.7 Å². The van der Waals surface area contributed by atoms with Crippen LogP contribution in [0.4, 0.5) is 5.69 Å². The molecule has 0 spiro atoms. The number of aliphatic hydroxyl groups is 1. The summed E-state index contributed by atoms with van der Waals surface area (Å²) in [4.78, 5) is 13.0. The second-order valence-electron chi connectivity index (χ2n) is 12.1. The fourth-order valence-corrected chi connectivity index (χ4v) is 7.14. The second kappa shape index (κ2) is 13.7. The zero-order valence-corrected chi connectivity index (χ0v) is 28.0. The average molecular weight is 675 g/mol. The number of fused-ring (bicyclic) bond motifs is 1. The number of aliphatic hydroxyl groups excluding tert-OH is 1. The zero-order valence-electron chi connectivity index (χ0n) is 26.3. The molecule has 0 saturated carbocycles. The fourth-order valence-electron chi connectivity index (χ4n) is 5.10. The van der Waals surface area contributed by atoms with Crippen LogP contribution in [0.3, 0.4) is 0 Å². The Balaban J connectivity index is 1.17. The molecule has 0 fully saturated rings. The molecule has 5 rings (SSSR count). The van der Waals surface area contributed by atoms with Gasteiger partial charge in [-0.3, -0.25) is 9.52 Å². The van der Waals surface area contributed by atoms with E-state index in [1.807, 2.05) is 33.0 Å². The van der Waals surface area contributed by atoms with Gasteiger partial charge >= 0.3 is 0 Å². The molecule has 47 heavy (non-hydrogen) atoms. The molecular formula is C35H38N4O6S2. The molecule has 4 aromatic carbocycles. The summed E-state index contributed by atoms with van der Waals surface area (Å²) in [5.74, 6) is -0.705. The molecule has 5 aromatic rings. The number of carbonyl (C=O) groups excluding carboxylic acids is 1. The topological polar surface area (TPSA) is 147 Å². The van der Waals surface area contributed by atoms with Crippen molar-refractivity contribution >= 4 is 42.5 Å². The van der Waals surface area contributed by atoms with E-state index in [9.17, 15) is 26.7 Å². The average Bonchev–Trinajstić information content (AvgIpc) is 3.45. The summed E-state index contributed by atoms with van der Waals surface area (Å²) in [7, 11) is -7.76. The van der Waals surface area contributed by atoms with Gasteiger partial charge in [-0.25, -0.2) is 21.6 Å². The van der Waals surface area contributed by atoms with Crippen molar-refractivity contribution in [2.24, 2.45) is 0 Å². The summed E-state index contributed by atoms with van der Waals surface area (Å²) < 4.78 is 57.6. The largest absolute Gasteiger partial charge is 0.387 e. The highest BCUT2D eigenvalue weighted by Crippen LogP contribution is 2.23. The van der Waals surface area contributed by atoms with Crippen LogP contribution in [0.2, 0.25) is 0 Å². The van der Waals surface area contributed by atoms with Gasteiger partial charge in [0, 0.05) is 47.0 Å². The van der Waals surface area contributed by atoms with Crippen molar-refractivity contribution in [3.8, 4) is 0 Å². The Morgan fingerprint density at radius 1 is 0.830 bits per heavy atom. The lowest BCUT2D eigenvalue weighted by atomic mass is 9.99. The summed E-state index contributed by atoms with van der Waals surface area (Å²) in [6.45, 7) is 6.81. The lowest BCUT2D eigenvalue weighted by molar-refractivity contribution is 0.0981. The number of sulfonamides is 2. The van der Waals surface area contributed by atoms with Gasteiger partial charge in [0.2, 0.25) is 0 Å². The zero-order chi connectivity index (χ0) is 33.8. The van der Waals surface area contributed by atoms with E-state index < -0.39 is 32.1 Å². The Hall–Kier alpha value is -4.49. The molecule has 4 N–H and O–H groups in total. The van der Waals surface area contributed by atoms with E-state index >= 15 is 0 Å². The molecule has 0 saturated heterocycles. The van der Waals surface area contributed by atoms with Crippen molar-refractivity contribution in [1.82, 2.24) is 14.6 Å². The molecular weight excluding hydrogens is 637 g/mol. The Morgan fingerprint density at radius 3 is 2.26 bits per heavy atom. The third kappa shape index (κ3) is 8.46. The number of anilines is 1. The summed E-state index contributed by atoms with van der Waals surface area (Å²) >= 11 is 0. The first-order valence-corrected chi connectivity index (χ1v) is 18.0. The van der Waals surface area contributed by atoms with E-state index in [-0.39, 0.29) is 27.4 Å². The standard InChI is InChI=1S/C35H38N4O6S2/c1-25-12-15-31(16-13-25)47(44,45)38-34(41)28-14-17-32-26(22-28)18-20-39(32)21-19-35(2,3)36-24-33(40)27-8-7-9-29(23-27)37-46(42,43)30-10-5-4-6-11-30/h4-18,20,22-23,33,36-37,40H,19,21,24H2,1-3H3,(H,38,41)/t33-/m0/s1. The summed E-state index contributed by atoms with van der Waals surface area (Å²) in [6.07, 6.45) is 1.75. The van der Waals surface area contributed by atoms with Crippen molar-refractivity contribution in [2.75, 3.05) is 11.3 Å². The smallest absolute Gasteiger partial charge is 0.265 e. The van der Waals surface area contributed by atoms with Crippen LogP contribution in [-0.4, -0.2) is 44.5 Å². The molecule has 0 aliphatic heterocycles. The number of benzene rings is 4. The number of nitrogens with one attached hydrogen (secondary N) is 3. The van der Waals surface area contributed by atoms with Crippen molar-refractivity contribution in [1.29, 1.82) is 0 Å². The predicted octanol–water partition coefficient (Wildman–Crippen LogP) is 5.36. The first-order chi connectivity index (χ1) is 22.2. The number of amides is 1. The molecule has 12 heteroatoms. The minimum atomic E-state index is -4.00. The molecule has 1 aromatic heterocycles. The minimum absolute atomic E-state index is 0.0206. The number of nitrogens with zero attached hydrogens (tertiary/aromatic N) is 1. The summed E-state index contributed by atoms with van der Waals surface area (Å²) in [5, 5.41) is 15.1. The van der Waals surface area contributed by atoms with E-state index in [1.165, 1.54) is 24.3 Å². The third-order valence-electron chi connectivity index (χ3n) is 7.92. The Kier molecular flexibility index (Phi) is 9.87. The molecule has 0 unspecified atom stereocenters. The number of hydrogen-bond acceptors (Lipinski definition) is 7. The number of carbonyl (C=O) groups is 1. The molecule has 1 heterocycles. The van der Waals surface area contributed by atoms with Crippen LogP contribution >= 0.6 is 0 Å². The number of β-amino-alcohol motifs (C(OH)–C–C–N with tert-alkyl or cyclic N) is 1. The van der Waals surface area contributed by atoms with Gasteiger partial charge in [0.15, 0.2) is 0 Å². The molecule has 0 aliphatic rings. The maximum atomic E-state index is 12.8. The molecule has 1 amide bonds. The lowest BCUT2D eigenvalue weighted by Gasteiger charge is -2.28. The van der Waals surface area contributed by atoms with Gasteiger partial charge < -0.3 is 15.0 Å². The van der Waals surface area contributed by atoms with Crippen LogP contribution in [0.25, 0.3) is 10.9 Å². The highest BCUT2D eigenvalue weighted by molar-refractivity contribution is 7.92. The van der Waals surface area contributed by atoms with E-state index in [1.54, 1.807) is 72.8 Å². The van der Waals surface area contributed by atoms with E-state index in [2.05, 4.69) is 19.3 Å². The normalized spacial score (nSPS) is 12.9. The van der Waals surface area contributed by atoms with Crippen LogP contribution in [0, 0.1) is 6.92 Å². The van der Waals surface area contributed by atoms with Crippen molar-refractivity contribution in [3.63, 3.8) is 0 Å². The maximum Gasteiger partial charge on any atom is 0.265 e. The van der Waals surface area contributed by atoms with Crippen LogP contribution < -0.4 is 14.8 Å². The second-order valence-corrected chi connectivity index (χ2v) is 15.5. The number of aryl methyl sites for hydroxylation is 2. The Morgan fingerprint density at radius 2 is 1.53 bits per heavy atom. The van der Waals surface area contributed by atoms with Crippen LogP contribution in [0.15, 0.2) is 119 Å². The molecule has 10 nitrogen and oxygen atoms in total. The van der Waals surface area contributed by atoms with E-state index in [0.717, 1.165) is 16.5 Å². The Bertz CT molecular complexity index is 2090. The molecule has 0 aliphatic carbocycles. The van der Waals surface area contributed by atoms with Gasteiger partial charge in [0.25, 0.3) is 26.0 Å². The molecule has 0 radical (unpaired) electrons. The van der Waals surface area contributed by atoms with Gasteiger partial charge in [-0.15, -0.1) is 0 Å². The van der Waals surface area contributed by atoms with E-state index in [4.69, 9.17) is 0 Å². The first kappa shape index (κ1) is 33.9. The number of hydrogen-bond donors (Lipinski definition) is 4.